The minimum atomic E-state index is -3.69. The molecule has 2 aromatic rings. The Bertz CT molecular complexity index is 738. The number of halogens is 1. The lowest BCUT2D eigenvalue weighted by molar-refractivity contribution is 0.357. The molecule has 0 amide bonds. The van der Waals surface area contributed by atoms with E-state index >= 15 is 0 Å². The molecule has 112 valence electrons. The van der Waals surface area contributed by atoms with Crippen molar-refractivity contribution < 1.29 is 12.8 Å². The van der Waals surface area contributed by atoms with E-state index in [1.54, 1.807) is 12.1 Å². The normalized spacial score (nSPS) is 17.0. The number of sulfonamides is 1. The maximum Gasteiger partial charge on any atom is 0.260 e. The van der Waals surface area contributed by atoms with Crippen molar-refractivity contribution in [3.8, 4) is 5.69 Å². The Hall–Kier alpha value is -1.77. The molecule has 1 N–H and O–H groups in total. The summed E-state index contributed by atoms with van der Waals surface area (Å²) in [7, 11) is -3.69. The summed E-state index contributed by atoms with van der Waals surface area (Å²) < 4.78 is 41.7. The molecule has 1 aliphatic rings. The molecule has 0 unspecified atom stereocenters. The van der Waals surface area contributed by atoms with Crippen molar-refractivity contribution in [3.05, 3.63) is 42.3 Å². The van der Waals surface area contributed by atoms with Crippen LogP contribution in [-0.4, -0.2) is 48.7 Å². The number of rotatable bonds is 3. The number of aromatic nitrogens is 2. The highest BCUT2D eigenvalue weighted by Crippen LogP contribution is 2.21. The average molecular weight is 310 g/mol. The van der Waals surface area contributed by atoms with Gasteiger partial charge in [0.25, 0.3) is 10.0 Å². The van der Waals surface area contributed by atoms with Gasteiger partial charge in [-0.1, -0.05) is 12.1 Å². The van der Waals surface area contributed by atoms with Crippen LogP contribution < -0.4 is 5.32 Å². The molecule has 0 saturated carbocycles. The van der Waals surface area contributed by atoms with Gasteiger partial charge in [-0.05, 0) is 18.2 Å². The molecule has 0 spiro atoms. The third-order valence-corrected chi connectivity index (χ3v) is 5.25. The number of hydrogen-bond donors (Lipinski definition) is 1. The van der Waals surface area contributed by atoms with Crippen LogP contribution >= 0.6 is 0 Å². The summed E-state index contributed by atoms with van der Waals surface area (Å²) in [6.45, 7) is 2.00. The maximum atomic E-state index is 13.9. The van der Waals surface area contributed by atoms with Gasteiger partial charge in [-0.2, -0.15) is 9.40 Å². The Labute approximate surface area is 122 Å². The quantitative estimate of drug-likeness (QED) is 0.902. The van der Waals surface area contributed by atoms with Crippen molar-refractivity contribution in [1.29, 1.82) is 0 Å². The molecule has 0 atom stereocenters. The van der Waals surface area contributed by atoms with Gasteiger partial charge in [-0.3, -0.25) is 0 Å². The van der Waals surface area contributed by atoms with Crippen LogP contribution in [0.3, 0.4) is 0 Å². The number of para-hydroxylation sites is 1. The monoisotopic (exact) mass is 310 g/mol. The van der Waals surface area contributed by atoms with E-state index in [-0.39, 0.29) is 10.7 Å². The van der Waals surface area contributed by atoms with E-state index < -0.39 is 15.8 Å². The molecule has 0 aliphatic carbocycles. The molecule has 8 heteroatoms. The summed E-state index contributed by atoms with van der Waals surface area (Å²) in [4.78, 5) is 0. The number of hydrogen-bond acceptors (Lipinski definition) is 4. The van der Waals surface area contributed by atoms with Gasteiger partial charge in [-0.25, -0.2) is 17.5 Å². The first-order valence-electron chi connectivity index (χ1n) is 6.60. The molecule has 1 fully saturated rings. The fraction of sp³-hybridized carbons (Fsp3) is 0.308. The van der Waals surface area contributed by atoms with E-state index in [1.165, 1.54) is 28.7 Å². The van der Waals surface area contributed by atoms with Crippen LogP contribution in [0.2, 0.25) is 0 Å². The number of piperazine rings is 1. The topological polar surface area (TPSA) is 67.2 Å². The van der Waals surface area contributed by atoms with Crippen LogP contribution in [0.4, 0.5) is 4.39 Å². The number of nitrogens with zero attached hydrogens (tertiary/aromatic N) is 3. The summed E-state index contributed by atoms with van der Waals surface area (Å²) in [5.41, 5.74) is 0.121. The van der Waals surface area contributed by atoms with Crippen molar-refractivity contribution in [1.82, 2.24) is 19.4 Å². The zero-order chi connectivity index (χ0) is 14.9. The summed E-state index contributed by atoms with van der Waals surface area (Å²) >= 11 is 0. The molecule has 1 aliphatic heterocycles. The van der Waals surface area contributed by atoms with Gasteiger partial charge in [0.2, 0.25) is 0 Å². The first-order chi connectivity index (χ1) is 10.1. The smallest absolute Gasteiger partial charge is 0.260 e. The number of benzene rings is 1. The van der Waals surface area contributed by atoms with Crippen LogP contribution in [0.1, 0.15) is 0 Å². The molecule has 1 saturated heterocycles. The zero-order valence-corrected chi connectivity index (χ0v) is 12.1. The summed E-state index contributed by atoms with van der Waals surface area (Å²) in [6.07, 6.45) is 1.36. The Kier molecular flexibility index (Phi) is 3.75. The number of nitrogens with one attached hydrogen (secondary N) is 1. The maximum absolute atomic E-state index is 13.9. The van der Waals surface area contributed by atoms with E-state index in [4.69, 9.17) is 0 Å². The first kappa shape index (κ1) is 14.2. The Morgan fingerprint density at radius 1 is 1.14 bits per heavy atom. The van der Waals surface area contributed by atoms with E-state index in [9.17, 15) is 12.8 Å². The lowest BCUT2D eigenvalue weighted by atomic mass is 10.3. The van der Waals surface area contributed by atoms with Gasteiger partial charge in [0.1, 0.15) is 11.5 Å². The first-order valence-corrected chi connectivity index (χ1v) is 8.04. The van der Waals surface area contributed by atoms with Crippen LogP contribution in [-0.2, 0) is 10.0 Å². The molecule has 0 bridgehead atoms. The minimum Gasteiger partial charge on any atom is -0.314 e. The van der Waals surface area contributed by atoms with Crippen molar-refractivity contribution in [2.75, 3.05) is 26.2 Å². The largest absolute Gasteiger partial charge is 0.314 e. The molecule has 1 aromatic carbocycles. The van der Waals surface area contributed by atoms with Crippen molar-refractivity contribution in [3.63, 3.8) is 0 Å². The highest BCUT2D eigenvalue weighted by atomic mass is 32.2. The summed E-state index contributed by atoms with van der Waals surface area (Å²) in [5, 5.41) is 7.04. The van der Waals surface area contributed by atoms with Gasteiger partial charge in [0.15, 0.2) is 5.03 Å². The molecule has 6 nitrogen and oxygen atoms in total. The van der Waals surface area contributed by atoms with Crippen LogP contribution in [0.5, 0.6) is 0 Å². The highest BCUT2D eigenvalue weighted by Gasteiger charge is 2.29. The van der Waals surface area contributed by atoms with E-state index in [0.717, 1.165) is 4.68 Å². The van der Waals surface area contributed by atoms with Crippen molar-refractivity contribution in [2.45, 2.75) is 5.03 Å². The average Bonchev–Trinajstić information content (AvgIpc) is 2.99. The molecular weight excluding hydrogens is 295 g/mol. The second kappa shape index (κ2) is 5.55. The molecular formula is C13H15FN4O2S. The molecule has 0 radical (unpaired) electrons. The SMILES string of the molecule is O=S(=O)(c1ccnn1-c1ccccc1F)N1CCNCC1. The van der Waals surface area contributed by atoms with Gasteiger partial charge in [0.05, 0.1) is 6.20 Å². The Morgan fingerprint density at radius 2 is 1.86 bits per heavy atom. The van der Waals surface area contributed by atoms with Gasteiger partial charge in [0, 0.05) is 26.2 Å². The molecule has 2 heterocycles. The standard InChI is InChI=1S/C13H15FN4O2S/c14-11-3-1-2-4-12(11)18-13(5-6-16-18)21(19,20)17-9-7-15-8-10-17/h1-6,15H,7-10H2. The third-order valence-electron chi connectivity index (χ3n) is 3.37. The fourth-order valence-electron chi connectivity index (χ4n) is 2.31. The van der Waals surface area contributed by atoms with Gasteiger partial charge < -0.3 is 5.32 Å². The third kappa shape index (κ3) is 2.57. The van der Waals surface area contributed by atoms with Gasteiger partial charge in [-0.15, -0.1) is 0 Å². The van der Waals surface area contributed by atoms with Crippen molar-refractivity contribution in [2.24, 2.45) is 0 Å². The van der Waals surface area contributed by atoms with Crippen molar-refractivity contribution >= 4 is 10.0 Å². The lowest BCUT2D eigenvalue weighted by Crippen LogP contribution is -2.46. The predicted octanol–water partition coefficient (Wildman–Crippen LogP) is 0.605. The second-order valence-electron chi connectivity index (χ2n) is 4.69. The van der Waals surface area contributed by atoms with Crippen LogP contribution in [0.15, 0.2) is 41.6 Å². The van der Waals surface area contributed by atoms with E-state index in [0.29, 0.717) is 26.2 Å². The summed E-state index contributed by atoms with van der Waals surface area (Å²) in [5.74, 6) is -0.516. The molecule has 21 heavy (non-hydrogen) atoms. The van der Waals surface area contributed by atoms with Crippen LogP contribution in [0.25, 0.3) is 5.69 Å². The predicted molar refractivity (Wildman–Crippen MR) is 75.2 cm³/mol. The molecule has 3 rings (SSSR count). The summed E-state index contributed by atoms with van der Waals surface area (Å²) in [6, 6.07) is 7.36. The zero-order valence-electron chi connectivity index (χ0n) is 11.2. The van der Waals surface area contributed by atoms with E-state index in [1.807, 2.05) is 0 Å². The second-order valence-corrected chi connectivity index (χ2v) is 6.57. The Morgan fingerprint density at radius 3 is 2.57 bits per heavy atom. The lowest BCUT2D eigenvalue weighted by Gasteiger charge is -2.26. The molecule has 1 aromatic heterocycles. The van der Waals surface area contributed by atoms with Crippen LogP contribution in [0, 0.1) is 5.82 Å². The fourth-order valence-corrected chi connectivity index (χ4v) is 3.83. The highest BCUT2D eigenvalue weighted by molar-refractivity contribution is 7.89. The van der Waals surface area contributed by atoms with Gasteiger partial charge >= 0.3 is 0 Å². The van der Waals surface area contributed by atoms with E-state index in [2.05, 4.69) is 10.4 Å². The Balaban J connectivity index is 2.05. The minimum absolute atomic E-state index is 0.0190.